The molecule has 1 rings (SSSR count). The fourth-order valence-electron chi connectivity index (χ4n) is 1.42. The van der Waals surface area contributed by atoms with E-state index in [0.717, 1.165) is 12.4 Å². The molecule has 80 valence electrons. The molecule has 4 heteroatoms. The highest BCUT2D eigenvalue weighted by atomic mass is 15.3. The normalized spacial score (nSPS) is 13.5. The molecule has 0 aromatic carbocycles. The van der Waals surface area contributed by atoms with Crippen molar-refractivity contribution in [3.05, 3.63) is 12.2 Å². The molecule has 1 aromatic heterocycles. The van der Waals surface area contributed by atoms with E-state index in [1.54, 1.807) is 6.33 Å². The summed E-state index contributed by atoms with van der Waals surface area (Å²) in [6.45, 7) is 7.26. The average molecular weight is 196 g/mol. The molecule has 0 amide bonds. The summed E-state index contributed by atoms with van der Waals surface area (Å²) in [5.74, 6) is 1.42. The van der Waals surface area contributed by atoms with Crippen LogP contribution < -0.4 is 5.73 Å². The highest BCUT2D eigenvalue weighted by molar-refractivity contribution is 4.87. The van der Waals surface area contributed by atoms with Crippen LogP contribution in [0.4, 0.5) is 0 Å². The Hall–Kier alpha value is -0.900. The molecule has 0 bridgehead atoms. The SMILES string of the molecule is CCC(CC)Cn1cnc(C(C)N)n1. The lowest BCUT2D eigenvalue weighted by molar-refractivity contribution is 0.393. The van der Waals surface area contributed by atoms with Crippen molar-refractivity contribution < 1.29 is 0 Å². The number of hydrogen-bond donors (Lipinski definition) is 1. The minimum atomic E-state index is -0.0713. The van der Waals surface area contributed by atoms with E-state index < -0.39 is 0 Å². The van der Waals surface area contributed by atoms with Crippen molar-refractivity contribution in [3.8, 4) is 0 Å². The van der Waals surface area contributed by atoms with E-state index in [2.05, 4.69) is 23.9 Å². The van der Waals surface area contributed by atoms with E-state index in [0.29, 0.717) is 5.92 Å². The van der Waals surface area contributed by atoms with Crippen molar-refractivity contribution in [3.63, 3.8) is 0 Å². The van der Waals surface area contributed by atoms with Crippen molar-refractivity contribution in [1.82, 2.24) is 14.8 Å². The lowest BCUT2D eigenvalue weighted by Crippen LogP contribution is -2.12. The average Bonchev–Trinajstić information content (AvgIpc) is 2.62. The van der Waals surface area contributed by atoms with Gasteiger partial charge in [0.1, 0.15) is 6.33 Å². The maximum Gasteiger partial charge on any atom is 0.166 e. The van der Waals surface area contributed by atoms with Gasteiger partial charge in [-0.05, 0) is 12.8 Å². The zero-order valence-corrected chi connectivity index (χ0v) is 9.27. The van der Waals surface area contributed by atoms with Crippen LogP contribution in [0.1, 0.15) is 45.5 Å². The summed E-state index contributed by atoms with van der Waals surface area (Å²) in [7, 11) is 0. The molecule has 0 aliphatic rings. The van der Waals surface area contributed by atoms with E-state index in [9.17, 15) is 0 Å². The van der Waals surface area contributed by atoms with Crippen molar-refractivity contribution in [2.75, 3.05) is 0 Å². The molecule has 2 N–H and O–H groups in total. The highest BCUT2D eigenvalue weighted by Crippen LogP contribution is 2.10. The fraction of sp³-hybridized carbons (Fsp3) is 0.800. The molecule has 0 saturated carbocycles. The first-order valence-electron chi connectivity index (χ1n) is 5.32. The van der Waals surface area contributed by atoms with Crippen LogP contribution in [0.3, 0.4) is 0 Å². The zero-order valence-electron chi connectivity index (χ0n) is 9.27. The largest absolute Gasteiger partial charge is 0.321 e. The van der Waals surface area contributed by atoms with Gasteiger partial charge in [-0.3, -0.25) is 4.68 Å². The third-order valence-corrected chi connectivity index (χ3v) is 2.56. The first-order chi connectivity index (χ1) is 6.67. The van der Waals surface area contributed by atoms with Gasteiger partial charge in [0, 0.05) is 6.54 Å². The van der Waals surface area contributed by atoms with Gasteiger partial charge in [-0.25, -0.2) is 4.98 Å². The summed E-state index contributed by atoms with van der Waals surface area (Å²) in [5.41, 5.74) is 5.68. The van der Waals surface area contributed by atoms with Crippen LogP contribution in [0.2, 0.25) is 0 Å². The quantitative estimate of drug-likeness (QED) is 0.780. The monoisotopic (exact) mass is 196 g/mol. The molecule has 0 radical (unpaired) electrons. The molecule has 0 aliphatic carbocycles. The molecule has 0 fully saturated rings. The molecular weight excluding hydrogens is 176 g/mol. The molecule has 1 unspecified atom stereocenters. The van der Waals surface area contributed by atoms with Gasteiger partial charge in [0.15, 0.2) is 5.82 Å². The van der Waals surface area contributed by atoms with E-state index in [-0.39, 0.29) is 6.04 Å². The predicted octanol–water partition coefficient (Wildman–Crippen LogP) is 1.73. The first kappa shape index (κ1) is 11.2. The smallest absolute Gasteiger partial charge is 0.166 e. The van der Waals surface area contributed by atoms with Gasteiger partial charge in [-0.2, -0.15) is 5.10 Å². The molecule has 1 atom stereocenters. The molecule has 14 heavy (non-hydrogen) atoms. The van der Waals surface area contributed by atoms with Gasteiger partial charge < -0.3 is 5.73 Å². The Morgan fingerprint density at radius 3 is 2.50 bits per heavy atom. The number of aromatic nitrogens is 3. The Morgan fingerprint density at radius 2 is 2.07 bits per heavy atom. The summed E-state index contributed by atoms with van der Waals surface area (Å²) >= 11 is 0. The number of rotatable bonds is 5. The fourth-order valence-corrected chi connectivity index (χ4v) is 1.42. The van der Waals surface area contributed by atoms with Gasteiger partial charge in [0.25, 0.3) is 0 Å². The maximum absolute atomic E-state index is 5.68. The van der Waals surface area contributed by atoms with Crippen molar-refractivity contribution in [2.24, 2.45) is 11.7 Å². The third-order valence-electron chi connectivity index (χ3n) is 2.56. The second kappa shape index (κ2) is 5.10. The lowest BCUT2D eigenvalue weighted by atomic mass is 10.0. The second-order valence-corrected chi connectivity index (χ2v) is 3.80. The van der Waals surface area contributed by atoms with Crippen LogP contribution in [-0.4, -0.2) is 14.8 Å². The van der Waals surface area contributed by atoms with Crippen LogP contribution in [0.15, 0.2) is 6.33 Å². The summed E-state index contributed by atoms with van der Waals surface area (Å²) in [6.07, 6.45) is 4.14. The van der Waals surface area contributed by atoms with Crippen LogP contribution in [0, 0.1) is 5.92 Å². The molecule has 0 aliphatic heterocycles. The summed E-state index contributed by atoms with van der Waals surface area (Å²) < 4.78 is 1.90. The highest BCUT2D eigenvalue weighted by Gasteiger charge is 2.08. The zero-order chi connectivity index (χ0) is 10.6. The van der Waals surface area contributed by atoms with E-state index >= 15 is 0 Å². The number of nitrogens with zero attached hydrogens (tertiary/aromatic N) is 3. The van der Waals surface area contributed by atoms with Crippen molar-refractivity contribution in [1.29, 1.82) is 0 Å². The Kier molecular flexibility index (Phi) is 4.07. The van der Waals surface area contributed by atoms with E-state index in [4.69, 9.17) is 5.73 Å². The second-order valence-electron chi connectivity index (χ2n) is 3.80. The Balaban J connectivity index is 2.58. The molecule has 1 heterocycles. The Morgan fingerprint density at radius 1 is 1.43 bits per heavy atom. The van der Waals surface area contributed by atoms with Crippen molar-refractivity contribution in [2.45, 2.75) is 46.2 Å². The number of nitrogens with two attached hydrogens (primary N) is 1. The van der Waals surface area contributed by atoms with Gasteiger partial charge in [-0.1, -0.05) is 26.7 Å². The van der Waals surface area contributed by atoms with Crippen LogP contribution in [-0.2, 0) is 6.54 Å². The van der Waals surface area contributed by atoms with Crippen molar-refractivity contribution >= 4 is 0 Å². The Labute approximate surface area is 85.5 Å². The predicted molar refractivity (Wildman–Crippen MR) is 56.7 cm³/mol. The molecule has 0 spiro atoms. The first-order valence-corrected chi connectivity index (χ1v) is 5.32. The number of hydrogen-bond acceptors (Lipinski definition) is 3. The van der Waals surface area contributed by atoms with Crippen LogP contribution in [0.5, 0.6) is 0 Å². The molecular formula is C10H20N4. The minimum Gasteiger partial charge on any atom is -0.321 e. The maximum atomic E-state index is 5.68. The van der Waals surface area contributed by atoms with Gasteiger partial charge >= 0.3 is 0 Å². The van der Waals surface area contributed by atoms with Gasteiger partial charge in [0.2, 0.25) is 0 Å². The topological polar surface area (TPSA) is 56.7 Å². The lowest BCUT2D eigenvalue weighted by Gasteiger charge is -2.10. The molecule has 0 saturated heterocycles. The van der Waals surface area contributed by atoms with E-state index in [1.165, 1.54) is 12.8 Å². The molecule has 1 aromatic rings. The summed E-state index contributed by atoms with van der Waals surface area (Å²) in [4.78, 5) is 4.16. The van der Waals surface area contributed by atoms with Gasteiger partial charge in [-0.15, -0.1) is 0 Å². The van der Waals surface area contributed by atoms with E-state index in [1.807, 2.05) is 11.6 Å². The minimum absolute atomic E-state index is 0.0713. The standard InChI is InChI=1S/C10H20N4/c1-4-9(5-2)6-14-7-12-10(13-14)8(3)11/h7-9H,4-6,11H2,1-3H3. The third kappa shape index (κ3) is 2.80. The van der Waals surface area contributed by atoms with Gasteiger partial charge in [0.05, 0.1) is 6.04 Å². The Bertz CT molecular complexity index is 263. The van der Waals surface area contributed by atoms with Crippen LogP contribution in [0.25, 0.3) is 0 Å². The summed E-state index contributed by atoms with van der Waals surface area (Å²) in [5, 5.41) is 4.33. The summed E-state index contributed by atoms with van der Waals surface area (Å²) in [6, 6.07) is -0.0713. The van der Waals surface area contributed by atoms with Crippen LogP contribution >= 0.6 is 0 Å². The molecule has 4 nitrogen and oxygen atoms in total.